The highest BCUT2D eigenvalue weighted by Crippen LogP contribution is 2.32. The van der Waals surface area contributed by atoms with Gasteiger partial charge in [-0.25, -0.2) is 4.39 Å². The van der Waals surface area contributed by atoms with Crippen LogP contribution in [0, 0.1) is 5.82 Å². The summed E-state index contributed by atoms with van der Waals surface area (Å²) in [7, 11) is 1.54. The number of nitrogens with zero attached hydrogens (tertiary/aromatic N) is 4. The van der Waals surface area contributed by atoms with Crippen molar-refractivity contribution in [2.24, 2.45) is 0 Å². The molecule has 9 heteroatoms. The summed E-state index contributed by atoms with van der Waals surface area (Å²) in [5.41, 5.74) is 2.48. The van der Waals surface area contributed by atoms with Gasteiger partial charge in [-0.05, 0) is 54.6 Å². The van der Waals surface area contributed by atoms with Crippen molar-refractivity contribution in [2.75, 3.05) is 44.8 Å². The molecular weight excluding hydrogens is 463 g/mol. The summed E-state index contributed by atoms with van der Waals surface area (Å²) in [5, 5.41) is 4.07. The van der Waals surface area contributed by atoms with Crippen LogP contribution >= 0.6 is 0 Å². The molecule has 1 saturated heterocycles. The molecule has 0 aliphatic carbocycles. The number of benzene rings is 3. The number of hydrogen-bond acceptors (Lipinski definition) is 7. The lowest BCUT2D eigenvalue weighted by Crippen LogP contribution is -2.50. The summed E-state index contributed by atoms with van der Waals surface area (Å²) in [6.45, 7) is 2.37. The minimum absolute atomic E-state index is 0.105. The van der Waals surface area contributed by atoms with Gasteiger partial charge in [-0.2, -0.15) is 4.98 Å². The Bertz CT molecular complexity index is 1320. The summed E-state index contributed by atoms with van der Waals surface area (Å²) in [6, 6.07) is 21.2. The average molecular weight is 489 g/mol. The zero-order valence-electron chi connectivity index (χ0n) is 19.8. The van der Waals surface area contributed by atoms with Crippen LogP contribution < -0.4 is 14.4 Å². The molecule has 0 spiro atoms. The summed E-state index contributed by atoms with van der Waals surface area (Å²) >= 11 is 0. The molecule has 1 aromatic heterocycles. The lowest BCUT2D eigenvalue weighted by atomic mass is 10.2. The Morgan fingerprint density at radius 1 is 0.944 bits per heavy atom. The predicted molar refractivity (Wildman–Crippen MR) is 132 cm³/mol. The molecule has 3 aromatic carbocycles. The molecule has 0 radical (unpaired) electrons. The Balaban J connectivity index is 1.19. The first kappa shape index (κ1) is 23.3. The van der Waals surface area contributed by atoms with Gasteiger partial charge in [0.1, 0.15) is 5.82 Å². The van der Waals surface area contributed by atoms with Crippen LogP contribution in [0.4, 0.5) is 10.1 Å². The lowest BCUT2D eigenvalue weighted by Gasteiger charge is -2.36. The predicted octanol–water partition coefficient (Wildman–Crippen LogP) is 4.28. The summed E-state index contributed by atoms with van der Waals surface area (Å²) in [4.78, 5) is 21.1. The number of anilines is 1. The third-order valence-corrected chi connectivity index (χ3v) is 6.04. The second-order valence-corrected chi connectivity index (χ2v) is 8.29. The van der Waals surface area contributed by atoms with E-state index in [4.69, 9.17) is 14.0 Å². The van der Waals surface area contributed by atoms with Crippen LogP contribution in [0.25, 0.3) is 22.8 Å². The number of hydrogen-bond donors (Lipinski definition) is 0. The Kier molecular flexibility index (Phi) is 6.79. The van der Waals surface area contributed by atoms with Crippen molar-refractivity contribution in [2.45, 2.75) is 0 Å². The lowest BCUT2D eigenvalue weighted by molar-refractivity contribution is -0.133. The van der Waals surface area contributed by atoms with Gasteiger partial charge in [0.25, 0.3) is 11.8 Å². The van der Waals surface area contributed by atoms with Gasteiger partial charge in [0.05, 0.1) is 7.11 Å². The first-order valence-corrected chi connectivity index (χ1v) is 11.6. The number of amides is 1. The molecule has 36 heavy (non-hydrogen) atoms. The molecule has 2 heterocycles. The second kappa shape index (κ2) is 10.5. The maximum Gasteiger partial charge on any atom is 0.260 e. The Morgan fingerprint density at radius 3 is 2.42 bits per heavy atom. The standard InChI is InChI=1S/C27H25FN4O4/c1-34-24-17-20(26-29-27(36-30-26)19-5-3-2-4-6-19)7-12-23(24)35-18-25(33)32-15-13-31(14-16-32)22-10-8-21(28)9-11-22/h2-12,17H,13-16,18H2,1H3. The maximum atomic E-state index is 13.2. The minimum Gasteiger partial charge on any atom is -0.493 e. The minimum atomic E-state index is -0.262. The van der Waals surface area contributed by atoms with Crippen molar-refractivity contribution >= 4 is 11.6 Å². The molecule has 1 aliphatic heterocycles. The Hall–Kier alpha value is -4.40. The van der Waals surface area contributed by atoms with E-state index in [1.54, 1.807) is 35.2 Å². The molecule has 1 amide bonds. The van der Waals surface area contributed by atoms with Gasteiger partial charge in [0.2, 0.25) is 5.82 Å². The highest BCUT2D eigenvalue weighted by molar-refractivity contribution is 5.78. The highest BCUT2D eigenvalue weighted by atomic mass is 19.1. The van der Waals surface area contributed by atoms with E-state index in [9.17, 15) is 9.18 Å². The maximum absolute atomic E-state index is 13.2. The van der Waals surface area contributed by atoms with Crippen LogP contribution in [0.15, 0.2) is 77.3 Å². The number of carbonyl (C=O) groups is 1. The van der Waals surface area contributed by atoms with Crippen molar-refractivity contribution in [3.8, 4) is 34.3 Å². The molecule has 0 N–H and O–H groups in total. The third-order valence-electron chi connectivity index (χ3n) is 6.04. The average Bonchev–Trinajstić information content (AvgIpc) is 3.43. The van der Waals surface area contributed by atoms with Crippen LogP contribution in [-0.4, -0.2) is 60.8 Å². The molecule has 184 valence electrons. The van der Waals surface area contributed by atoms with E-state index in [1.165, 1.54) is 19.2 Å². The van der Waals surface area contributed by atoms with Crippen molar-refractivity contribution in [1.82, 2.24) is 15.0 Å². The van der Waals surface area contributed by atoms with Crippen LogP contribution in [-0.2, 0) is 4.79 Å². The van der Waals surface area contributed by atoms with Crippen molar-refractivity contribution < 1.29 is 23.2 Å². The zero-order chi connectivity index (χ0) is 24.9. The summed E-state index contributed by atoms with van der Waals surface area (Å²) in [6.07, 6.45) is 0. The van der Waals surface area contributed by atoms with Crippen LogP contribution in [0.5, 0.6) is 11.5 Å². The fourth-order valence-corrected chi connectivity index (χ4v) is 4.06. The van der Waals surface area contributed by atoms with Crippen LogP contribution in [0.2, 0.25) is 0 Å². The smallest absolute Gasteiger partial charge is 0.260 e. The van der Waals surface area contributed by atoms with Crippen molar-refractivity contribution in [3.05, 3.63) is 78.6 Å². The van der Waals surface area contributed by atoms with Gasteiger partial charge >= 0.3 is 0 Å². The molecule has 1 fully saturated rings. The second-order valence-electron chi connectivity index (χ2n) is 8.29. The number of aromatic nitrogens is 2. The number of halogens is 1. The highest BCUT2D eigenvalue weighted by Gasteiger charge is 2.22. The Morgan fingerprint density at radius 2 is 1.69 bits per heavy atom. The van der Waals surface area contributed by atoms with E-state index >= 15 is 0 Å². The molecule has 5 rings (SSSR count). The van der Waals surface area contributed by atoms with Crippen LogP contribution in [0.1, 0.15) is 0 Å². The molecule has 1 aliphatic rings. The summed E-state index contributed by atoms with van der Waals surface area (Å²) in [5.74, 6) is 1.40. The topological polar surface area (TPSA) is 80.9 Å². The number of methoxy groups -OCH3 is 1. The molecule has 4 aromatic rings. The number of rotatable bonds is 7. The first-order valence-electron chi connectivity index (χ1n) is 11.6. The van der Waals surface area contributed by atoms with Gasteiger partial charge in [0.15, 0.2) is 18.1 Å². The van der Waals surface area contributed by atoms with E-state index in [0.717, 1.165) is 11.3 Å². The van der Waals surface area contributed by atoms with E-state index in [2.05, 4.69) is 15.0 Å². The number of ether oxygens (including phenoxy) is 2. The van der Waals surface area contributed by atoms with Crippen molar-refractivity contribution in [1.29, 1.82) is 0 Å². The molecule has 0 atom stereocenters. The number of carbonyl (C=O) groups excluding carboxylic acids is 1. The molecule has 0 unspecified atom stereocenters. The molecule has 8 nitrogen and oxygen atoms in total. The number of piperazine rings is 1. The quantitative estimate of drug-likeness (QED) is 0.384. The fraction of sp³-hybridized carbons (Fsp3) is 0.222. The van der Waals surface area contributed by atoms with Crippen LogP contribution in [0.3, 0.4) is 0 Å². The third kappa shape index (κ3) is 5.14. The molecular formula is C27H25FN4O4. The van der Waals surface area contributed by atoms with Gasteiger partial charge in [-0.3, -0.25) is 4.79 Å². The van der Waals surface area contributed by atoms with E-state index in [1.807, 2.05) is 30.3 Å². The SMILES string of the molecule is COc1cc(-c2noc(-c3ccccc3)n2)ccc1OCC(=O)N1CCN(c2ccc(F)cc2)CC1. The van der Waals surface area contributed by atoms with E-state index < -0.39 is 0 Å². The van der Waals surface area contributed by atoms with E-state index in [0.29, 0.717) is 55.0 Å². The molecule has 0 bridgehead atoms. The zero-order valence-corrected chi connectivity index (χ0v) is 19.8. The first-order chi connectivity index (χ1) is 17.6. The van der Waals surface area contributed by atoms with Gasteiger partial charge in [-0.15, -0.1) is 0 Å². The Labute approximate surface area is 207 Å². The largest absolute Gasteiger partial charge is 0.493 e. The monoisotopic (exact) mass is 488 g/mol. The van der Waals surface area contributed by atoms with E-state index in [-0.39, 0.29) is 18.3 Å². The van der Waals surface area contributed by atoms with Gasteiger partial charge in [-0.1, -0.05) is 23.4 Å². The van der Waals surface area contributed by atoms with Gasteiger partial charge < -0.3 is 23.8 Å². The van der Waals surface area contributed by atoms with Crippen molar-refractivity contribution in [3.63, 3.8) is 0 Å². The fourth-order valence-electron chi connectivity index (χ4n) is 4.06. The normalized spacial score (nSPS) is 13.5. The molecule has 0 saturated carbocycles. The summed E-state index contributed by atoms with van der Waals surface area (Å²) < 4.78 is 29.8. The van der Waals surface area contributed by atoms with Gasteiger partial charge in [0, 0.05) is 43.0 Å².